The van der Waals surface area contributed by atoms with Crippen LogP contribution in [0.2, 0.25) is 0 Å². The van der Waals surface area contributed by atoms with Gasteiger partial charge >= 0.3 is 6.18 Å². The Morgan fingerprint density at radius 1 is 1.00 bits per heavy atom. The van der Waals surface area contributed by atoms with E-state index >= 15 is 0 Å². The number of halogens is 3. The maximum absolute atomic E-state index is 12.8. The lowest BCUT2D eigenvalue weighted by molar-refractivity contribution is -0.170. The summed E-state index contributed by atoms with van der Waals surface area (Å²) in [5.41, 5.74) is 0.221. The van der Waals surface area contributed by atoms with Gasteiger partial charge in [-0.1, -0.05) is 20.8 Å². The van der Waals surface area contributed by atoms with Crippen molar-refractivity contribution in [3.05, 3.63) is 0 Å². The van der Waals surface area contributed by atoms with Crippen LogP contribution < -0.4 is 5.32 Å². The first kappa shape index (κ1) is 14.8. The van der Waals surface area contributed by atoms with Crippen LogP contribution in [-0.2, 0) is 0 Å². The Kier molecular flexibility index (Phi) is 4.50. The molecule has 0 aromatic carbocycles. The number of alkyl halides is 3. The molecule has 1 N–H and O–H groups in total. The lowest BCUT2D eigenvalue weighted by Crippen LogP contribution is -2.47. The SMILES string of the molecule is CNC(C1CCC(C(C)(C)C)CC1)C(F)(F)F. The zero-order valence-corrected chi connectivity index (χ0v) is 11.2. The molecule has 1 nitrogen and oxygen atoms in total. The third kappa shape index (κ3) is 3.87. The summed E-state index contributed by atoms with van der Waals surface area (Å²) in [6.07, 6.45) is -0.904. The van der Waals surface area contributed by atoms with Crippen LogP contribution in [0.25, 0.3) is 0 Å². The highest BCUT2D eigenvalue weighted by Gasteiger charge is 2.45. The highest BCUT2D eigenvalue weighted by Crippen LogP contribution is 2.42. The fourth-order valence-electron chi connectivity index (χ4n) is 2.99. The summed E-state index contributed by atoms with van der Waals surface area (Å²) in [7, 11) is 1.41. The Morgan fingerprint density at radius 2 is 1.47 bits per heavy atom. The molecule has 0 saturated heterocycles. The Morgan fingerprint density at radius 3 is 1.76 bits per heavy atom. The maximum atomic E-state index is 12.8. The second-order valence-electron chi connectivity index (χ2n) is 6.29. The molecule has 1 aliphatic carbocycles. The minimum Gasteiger partial charge on any atom is -0.309 e. The Balaban J connectivity index is 2.57. The predicted octanol–water partition coefficient (Wildman–Crippen LogP) is 3.99. The van der Waals surface area contributed by atoms with Crippen LogP contribution in [0, 0.1) is 17.3 Å². The Labute approximate surface area is 102 Å². The summed E-state index contributed by atoms with van der Waals surface area (Å²) < 4.78 is 38.3. The molecule has 0 radical (unpaired) electrons. The third-order valence-corrected chi connectivity index (χ3v) is 4.13. The van der Waals surface area contributed by atoms with E-state index in [2.05, 4.69) is 26.1 Å². The van der Waals surface area contributed by atoms with Crippen molar-refractivity contribution in [1.29, 1.82) is 0 Å². The summed E-state index contributed by atoms with van der Waals surface area (Å²) in [6.45, 7) is 6.53. The molecule has 4 heteroatoms. The third-order valence-electron chi connectivity index (χ3n) is 4.13. The smallest absolute Gasteiger partial charge is 0.309 e. The molecule has 0 aromatic rings. The lowest BCUT2D eigenvalue weighted by atomic mass is 9.68. The lowest BCUT2D eigenvalue weighted by Gasteiger charge is -2.39. The van der Waals surface area contributed by atoms with E-state index in [-0.39, 0.29) is 11.3 Å². The summed E-state index contributed by atoms with van der Waals surface area (Å²) >= 11 is 0. The van der Waals surface area contributed by atoms with Gasteiger partial charge in [0.2, 0.25) is 0 Å². The molecule has 1 fully saturated rings. The van der Waals surface area contributed by atoms with E-state index in [1.165, 1.54) is 7.05 Å². The van der Waals surface area contributed by atoms with Crippen molar-refractivity contribution in [3.8, 4) is 0 Å². The van der Waals surface area contributed by atoms with Gasteiger partial charge in [0.1, 0.15) is 6.04 Å². The van der Waals surface area contributed by atoms with E-state index in [9.17, 15) is 13.2 Å². The van der Waals surface area contributed by atoms with Crippen LogP contribution in [0.15, 0.2) is 0 Å². The Bertz CT molecular complexity index is 234. The van der Waals surface area contributed by atoms with Crippen LogP contribution in [0.3, 0.4) is 0 Å². The molecule has 0 amide bonds. The number of hydrogen-bond donors (Lipinski definition) is 1. The van der Waals surface area contributed by atoms with Gasteiger partial charge in [0.05, 0.1) is 0 Å². The van der Waals surface area contributed by atoms with Crippen molar-refractivity contribution in [3.63, 3.8) is 0 Å². The average Bonchev–Trinajstić information content (AvgIpc) is 2.16. The molecule has 1 rings (SSSR count). The van der Waals surface area contributed by atoms with Gasteiger partial charge in [-0.05, 0) is 50.0 Å². The Hall–Kier alpha value is -0.250. The van der Waals surface area contributed by atoms with E-state index in [1.54, 1.807) is 0 Å². The predicted molar refractivity (Wildman–Crippen MR) is 63.8 cm³/mol. The van der Waals surface area contributed by atoms with Gasteiger partial charge in [0.15, 0.2) is 0 Å². The van der Waals surface area contributed by atoms with Gasteiger partial charge in [-0.25, -0.2) is 0 Å². The average molecular weight is 251 g/mol. The molecule has 1 saturated carbocycles. The normalized spacial score (nSPS) is 29.1. The molecule has 0 heterocycles. The molecule has 0 spiro atoms. The first-order valence-corrected chi connectivity index (χ1v) is 6.40. The van der Waals surface area contributed by atoms with Gasteiger partial charge in [0.25, 0.3) is 0 Å². The number of hydrogen-bond acceptors (Lipinski definition) is 1. The highest BCUT2D eigenvalue weighted by atomic mass is 19.4. The van der Waals surface area contributed by atoms with Crippen LogP contribution >= 0.6 is 0 Å². The van der Waals surface area contributed by atoms with Crippen molar-refractivity contribution in [2.24, 2.45) is 17.3 Å². The molecule has 102 valence electrons. The van der Waals surface area contributed by atoms with Crippen LogP contribution in [0.1, 0.15) is 46.5 Å². The van der Waals surface area contributed by atoms with Crippen molar-refractivity contribution < 1.29 is 13.2 Å². The van der Waals surface area contributed by atoms with E-state index in [1.807, 2.05) is 0 Å². The van der Waals surface area contributed by atoms with E-state index in [4.69, 9.17) is 0 Å². The summed E-state index contributed by atoms with van der Waals surface area (Å²) in [5.74, 6) is 0.308. The zero-order valence-electron chi connectivity index (χ0n) is 11.2. The fraction of sp³-hybridized carbons (Fsp3) is 1.00. The minimum atomic E-state index is -4.12. The molecular weight excluding hydrogens is 227 g/mol. The zero-order chi connectivity index (χ0) is 13.3. The number of nitrogens with one attached hydrogen (secondary N) is 1. The van der Waals surface area contributed by atoms with E-state index < -0.39 is 12.2 Å². The molecular formula is C13H24F3N. The fourth-order valence-corrected chi connectivity index (χ4v) is 2.99. The van der Waals surface area contributed by atoms with Crippen LogP contribution in [0.5, 0.6) is 0 Å². The van der Waals surface area contributed by atoms with E-state index in [0.29, 0.717) is 18.8 Å². The minimum absolute atomic E-state index is 0.221. The van der Waals surface area contributed by atoms with Crippen LogP contribution in [0.4, 0.5) is 13.2 Å². The van der Waals surface area contributed by atoms with Crippen molar-refractivity contribution in [2.75, 3.05) is 7.05 Å². The van der Waals surface area contributed by atoms with Crippen molar-refractivity contribution in [1.82, 2.24) is 5.32 Å². The standard InChI is InChI=1S/C13H24F3N/c1-12(2,3)10-7-5-9(6-8-10)11(17-4)13(14,15)16/h9-11,17H,5-8H2,1-4H3. The largest absolute Gasteiger partial charge is 0.404 e. The monoisotopic (exact) mass is 251 g/mol. The van der Waals surface area contributed by atoms with Gasteiger partial charge in [-0.3, -0.25) is 0 Å². The van der Waals surface area contributed by atoms with Crippen LogP contribution in [-0.4, -0.2) is 19.3 Å². The molecule has 0 bridgehead atoms. The van der Waals surface area contributed by atoms with E-state index in [0.717, 1.165) is 12.8 Å². The second kappa shape index (κ2) is 5.17. The van der Waals surface area contributed by atoms with Gasteiger partial charge in [-0.15, -0.1) is 0 Å². The summed E-state index contributed by atoms with van der Waals surface area (Å²) in [6, 6.07) is -1.33. The molecule has 0 aromatic heterocycles. The highest BCUT2D eigenvalue weighted by molar-refractivity contribution is 4.88. The quantitative estimate of drug-likeness (QED) is 0.782. The molecule has 17 heavy (non-hydrogen) atoms. The van der Waals surface area contributed by atoms with Crippen molar-refractivity contribution in [2.45, 2.75) is 58.7 Å². The summed E-state index contributed by atoms with van der Waals surface area (Å²) in [4.78, 5) is 0. The topological polar surface area (TPSA) is 12.0 Å². The first-order valence-electron chi connectivity index (χ1n) is 6.40. The van der Waals surface area contributed by atoms with Gasteiger partial charge < -0.3 is 5.32 Å². The molecule has 1 aliphatic rings. The van der Waals surface area contributed by atoms with Gasteiger partial charge in [-0.2, -0.15) is 13.2 Å². The first-order chi connectivity index (χ1) is 7.66. The molecule has 1 unspecified atom stereocenters. The molecule has 1 atom stereocenters. The number of rotatable bonds is 2. The molecule has 0 aliphatic heterocycles. The summed E-state index contributed by atoms with van der Waals surface area (Å²) in [5, 5.41) is 2.44. The second-order valence-corrected chi connectivity index (χ2v) is 6.29. The van der Waals surface area contributed by atoms with Gasteiger partial charge in [0, 0.05) is 0 Å². The maximum Gasteiger partial charge on any atom is 0.404 e. The van der Waals surface area contributed by atoms with Crippen molar-refractivity contribution >= 4 is 0 Å².